The van der Waals surface area contributed by atoms with Crippen LogP contribution in [0.5, 0.6) is 0 Å². The fourth-order valence-electron chi connectivity index (χ4n) is 2.88. The zero-order chi connectivity index (χ0) is 13.8. The highest BCUT2D eigenvalue weighted by Gasteiger charge is 2.45. The molecule has 2 aliphatic rings. The predicted molar refractivity (Wildman–Crippen MR) is 62.7 cm³/mol. The van der Waals surface area contributed by atoms with Gasteiger partial charge in [-0.25, -0.2) is 0 Å². The van der Waals surface area contributed by atoms with Crippen molar-refractivity contribution >= 4 is 5.91 Å². The minimum Gasteiger partial charge on any atom is -0.329 e. The van der Waals surface area contributed by atoms with Crippen LogP contribution in [-0.4, -0.2) is 29.9 Å². The van der Waals surface area contributed by atoms with Crippen LogP contribution in [-0.2, 0) is 6.18 Å². The van der Waals surface area contributed by atoms with Crippen LogP contribution < -0.4 is 5.32 Å². The molecule has 1 aromatic rings. The molecule has 1 aromatic carbocycles. The number of alkyl halides is 3. The monoisotopic (exact) mass is 270 g/mol. The summed E-state index contributed by atoms with van der Waals surface area (Å²) in [5, 5.41) is 3.20. The Bertz CT molecular complexity index is 541. The lowest BCUT2D eigenvalue weighted by Crippen LogP contribution is -2.50. The van der Waals surface area contributed by atoms with E-state index in [0.717, 1.165) is 6.07 Å². The molecule has 1 saturated heterocycles. The summed E-state index contributed by atoms with van der Waals surface area (Å²) in [6.45, 7) is 2.86. The van der Waals surface area contributed by atoms with Crippen molar-refractivity contribution < 1.29 is 18.0 Å². The van der Waals surface area contributed by atoms with Gasteiger partial charge in [0.2, 0.25) is 0 Å². The molecular formula is C13H13F3N2O. The van der Waals surface area contributed by atoms with Gasteiger partial charge in [0.1, 0.15) is 0 Å². The van der Waals surface area contributed by atoms with Crippen molar-refractivity contribution in [2.24, 2.45) is 0 Å². The molecule has 1 N–H and O–H groups in total. The van der Waals surface area contributed by atoms with Crippen molar-refractivity contribution in [3.05, 3.63) is 34.9 Å². The number of nitrogens with one attached hydrogen (secondary N) is 1. The molecule has 0 saturated carbocycles. The van der Waals surface area contributed by atoms with Gasteiger partial charge in [-0.15, -0.1) is 0 Å². The Kier molecular flexibility index (Phi) is 2.60. The number of hydrogen-bond acceptors (Lipinski definition) is 2. The van der Waals surface area contributed by atoms with Crippen LogP contribution in [0.15, 0.2) is 18.2 Å². The number of amides is 1. The van der Waals surface area contributed by atoms with Crippen molar-refractivity contribution in [2.45, 2.75) is 25.2 Å². The SMILES string of the molecule is C[C@H]1CN2C(=O)c3c(cccc3C(F)(F)F)[C@H]2CN1. The summed E-state index contributed by atoms with van der Waals surface area (Å²) in [6, 6.07) is 3.79. The molecule has 2 atom stereocenters. The first-order chi connectivity index (χ1) is 8.89. The van der Waals surface area contributed by atoms with E-state index in [1.807, 2.05) is 6.92 Å². The van der Waals surface area contributed by atoms with Gasteiger partial charge in [0.25, 0.3) is 5.91 Å². The quantitative estimate of drug-likeness (QED) is 0.783. The van der Waals surface area contributed by atoms with E-state index in [-0.39, 0.29) is 17.6 Å². The Morgan fingerprint density at radius 1 is 1.37 bits per heavy atom. The normalized spacial score (nSPS) is 26.3. The van der Waals surface area contributed by atoms with Crippen molar-refractivity contribution in [2.75, 3.05) is 13.1 Å². The van der Waals surface area contributed by atoms with Gasteiger partial charge in [0, 0.05) is 19.1 Å². The first-order valence-electron chi connectivity index (χ1n) is 6.14. The van der Waals surface area contributed by atoms with E-state index >= 15 is 0 Å². The van der Waals surface area contributed by atoms with Crippen LogP contribution in [0.2, 0.25) is 0 Å². The van der Waals surface area contributed by atoms with Gasteiger partial charge in [0.05, 0.1) is 17.2 Å². The second kappa shape index (κ2) is 3.96. The molecule has 0 bridgehead atoms. The summed E-state index contributed by atoms with van der Waals surface area (Å²) in [7, 11) is 0. The number of carbonyl (C=O) groups is 1. The molecule has 6 heteroatoms. The van der Waals surface area contributed by atoms with Crippen molar-refractivity contribution in [1.82, 2.24) is 10.2 Å². The smallest absolute Gasteiger partial charge is 0.329 e. The first-order valence-corrected chi connectivity index (χ1v) is 6.14. The zero-order valence-corrected chi connectivity index (χ0v) is 10.3. The number of piperazine rings is 1. The van der Waals surface area contributed by atoms with E-state index in [2.05, 4.69) is 5.32 Å². The molecule has 0 unspecified atom stereocenters. The molecule has 3 nitrogen and oxygen atoms in total. The third-order valence-electron chi connectivity index (χ3n) is 3.74. The first kappa shape index (κ1) is 12.5. The second-order valence-electron chi connectivity index (χ2n) is 5.05. The third kappa shape index (κ3) is 1.82. The number of fused-ring (bicyclic) bond motifs is 3. The van der Waals surface area contributed by atoms with E-state index in [0.29, 0.717) is 18.7 Å². The summed E-state index contributed by atoms with van der Waals surface area (Å²) in [4.78, 5) is 13.8. The Labute approximate surface area is 108 Å². The number of hydrogen-bond donors (Lipinski definition) is 1. The molecule has 2 heterocycles. The van der Waals surface area contributed by atoms with Gasteiger partial charge in [-0.05, 0) is 18.6 Å². The second-order valence-corrected chi connectivity index (χ2v) is 5.05. The Morgan fingerprint density at radius 3 is 2.79 bits per heavy atom. The number of benzene rings is 1. The standard InChI is InChI=1S/C13H13F3N2O/c1-7-6-18-10(5-17-7)8-3-2-4-9(13(14,15)16)11(8)12(18)19/h2-4,7,10,17H,5-6H2,1H3/t7-,10+/m0/s1. The maximum Gasteiger partial charge on any atom is 0.417 e. The lowest BCUT2D eigenvalue weighted by molar-refractivity contribution is -0.137. The fraction of sp³-hybridized carbons (Fsp3) is 0.462. The van der Waals surface area contributed by atoms with Crippen LogP contribution in [0.3, 0.4) is 0 Å². The maximum atomic E-state index is 13.0. The van der Waals surface area contributed by atoms with E-state index in [9.17, 15) is 18.0 Å². The average molecular weight is 270 g/mol. The maximum absolute atomic E-state index is 13.0. The van der Waals surface area contributed by atoms with Crippen LogP contribution in [0.4, 0.5) is 13.2 Å². The van der Waals surface area contributed by atoms with Crippen molar-refractivity contribution in [1.29, 1.82) is 0 Å². The molecule has 3 rings (SSSR count). The minimum atomic E-state index is -4.49. The molecule has 2 aliphatic heterocycles. The Balaban J connectivity index is 2.12. The van der Waals surface area contributed by atoms with Crippen LogP contribution in [0.1, 0.15) is 34.5 Å². The molecule has 0 spiro atoms. The largest absolute Gasteiger partial charge is 0.417 e. The van der Waals surface area contributed by atoms with Crippen LogP contribution in [0, 0.1) is 0 Å². The van der Waals surface area contributed by atoms with Crippen LogP contribution >= 0.6 is 0 Å². The highest BCUT2D eigenvalue weighted by Crippen LogP contribution is 2.42. The number of nitrogens with zero attached hydrogens (tertiary/aromatic N) is 1. The summed E-state index contributed by atoms with van der Waals surface area (Å²) < 4.78 is 39.0. The zero-order valence-electron chi connectivity index (χ0n) is 10.3. The third-order valence-corrected chi connectivity index (χ3v) is 3.74. The van der Waals surface area contributed by atoms with E-state index in [1.165, 1.54) is 6.07 Å². The molecule has 1 fully saturated rings. The minimum absolute atomic E-state index is 0.101. The van der Waals surface area contributed by atoms with Gasteiger partial charge in [0.15, 0.2) is 0 Å². The van der Waals surface area contributed by atoms with Crippen molar-refractivity contribution in [3.63, 3.8) is 0 Å². The van der Waals surface area contributed by atoms with Gasteiger partial charge < -0.3 is 10.2 Å². The van der Waals surface area contributed by atoms with Crippen LogP contribution in [0.25, 0.3) is 0 Å². The molecule has 0 aromatic heterocycles. The van der Waals surface area contributed by atoms with Gasteiger partial charge >= 0.3 is 6.18 Å². The van der Waals surface area contributed by atoms with E-state index in [4.69, 9.17) is 0 Å². The average Bonchev–Trinajstić information content (AvgIpc) is 2.62. The topological polar surface area (TPSA) is 32.3 Å². The van der Waals surface area contributed by atoms with E-state index < -0.39 is 17.6 Å². The van der Waals surface area contributed by atoms with Crippen molar-refractivity contribution in [3.8, 4) is 0 Å². The fourth-order valence-corrected chi connectivity index (χ4v) is 2.88. The molecule has 19 heavy (non-hydrogen) atoms. The number of rotatable bonds is 0. The lowest BCUT2D eigenvalue weighted by atomic mass is 9.98. The molecular weight excluding hydrogens is 257 g/mol. The highest BCUT2D eigenvalue weighted by atomic mass is 19.4. The van der Waals surface area contributed by atoms with E-state index in [1.54, 1.807) is 11.0 Å². The lowest BCUT2D eigenvalue weighted by Gasteiger charge is -2.34. The van der Waals surface area contributed by atoms with Gasteiger partial charge in [-0.1, -0.05) is 12.1 Å². The highest BCUT2D eigenvalue weighted by molar-refractivity contribution is 6.01. The van der Waals surface area contributed by atoms with Gasteiger partial charge in [-0.3, -0.25) is 4.79 Å². The summed E-state index contributed by atoms with van der Waals surface area (Å²) in [5.41, 5.74) is -0.507. The molecule has 0 aliphatic carbocycles. The summed E-state index contributed by atoms with van der Waals surface area (Å²) in [6.07, 6.45) is -4.49. The van der Waals surface area contributed by atoms with Gasteiger partial charge in [-0.2, -0.15) is 13.2 Å². The Morgan fingerprint density at radius 2 is 2.11 bits per heavy atom. The Hall–Kier alpha value is -1.56. The predicted octanol–water partition coefficient (Wildman–Crippen LogP) is 2.19. The molecule has 1 amide bonds. The summed E-state index contributed by atoms with van der Waals surface area (Å²) in [5.74, 6) is -0.499. The number of halogens is 3. The number of carbonyl (C=O) groups excluding carboxylic acids is 1. The molecule has 0 radical (unpaired) electrons. The molecule has 102 valence electrons. The summed E-state index contributed by atoms with van der Waals surface area (Å²) >= 11 is 0.